The van der Waals surface area contributed by atoms with E-state index in [2.05, 4.69) is 41.8 Å². The third-order valence-electron chi connectivity index (χ3n) is 6.36. The fraction of sp³-hybridized carbons (Fsp3) is 0.321. The van der Waals surface area contributed by atoms with Gasteiger partial charge in [0.1, 0.15) is 18.5 Å². The van der Waals surface area contributed by atoms with Gasteiger partial charge in [0.15, 0.2) is 5.78 Å². The molecular formula is C28H32N2O3. The minimum atomic E-state index is -0.628. The smallest absolute Gasteiger partial charge is 0.196 e. The molecular weight excluding hydrogens is 412 g/mol. The van der Waals surface area contributed by atoms with Gasteiger partial charge in [-0.25, -0.2) is 0 Å². The lowest BCUT2D eigenvalue weighted by Gasteiger charge is -2.37. The topological polar surface area (TPSA) is 53.0 Å². The van der Waals surface area contributed by atoms with Crippen LogP contribution in [0.5, 0.6) is 5.75 Å². The predicted molar refractivity (Wildman–Crippen MR) is 132 cm³/mol. The Kier molecular flexibility index (Phi) is 7.43. The molecule has 0 radical (unpaired) electrons. The summed E-state index contributed by atoms with van der Waals surface area (Å²) in [6.45, 7) is 8.70. The molecule has 0 saturated carbocycles. The highest BCUT2D eigenvalue weighted by atomic mass is 16.5. The zero-order valence-corrected chi connectivity index (χ0v) is 19.4. The molecule has 4 rings (SSSR count). The fourth-order valence-corrected chi connectivity index (χ4v) is 4.31. The lowest BCUT2D eigenvalue weighted by Crippen LogP contribution is -2.49. The van der Waals surface area contributed by atoms with E-state index >= 15 is 0 Å². The zero-order valence-electron chi connectivity index (χ0n) is 19.4. The first kappa shape index (κ1) is 23.0. The van der Waals surface area contributed by atoms with Crippen LogP contribution in [0.15, 0.2) is 72.8 Å². The Balaban J connectivity index is 1.30. The van der Waals surface area contributed by atoms with E-state index in [9.17, 15) is 9.90 Å². The number of benzene rings is 3. The lowest BCUT2D eigenvalue weighted by atomic mass is 10.0. The molecule has 3 aromatic rings. The van der Waals surface area contributed by atoms with Gasteiger partial charge in [-0.15, -0.1) is 0 Å². The van der Waals surface area contributed by atoms with E-state index in [1.54, 1.807) is 24.3 Å². The molecule has 1 aliphatic rings. The summed E-state index contributed by atoms with van der Waals surface area (Å²) in [6, 6.07) is 22.9. The van der Waals surface area contributed by atoms with Gasteiger partial charge in [-0.3, -0.25) is 9.69 Å². The van der Waals surface area contributed by atoms with Crippen molar-refractivity contribution in [2.24, 2.45) is 0 Å². The first-order valence-electron chi connectivity index (χ1n) is 11.6. The van der Waals surface area contributed by atoms with Crippen LogP contribution in [0.2, 0.25) is 0 Å². The number of carbonyl (C=O) groups is 1. The van der Waals surface area contributed by atoms with E-state index in [1.165, 1.54) is 16.8 Å². The zero-order chi connectivity index (χ0) is 23.2. The minimum Gasteiger partial charge on any atom is -0.490 e. The van der Waals surface area contributed by atoms with Crippen molar-refractivity contribution >= 4 is 11.5 Å². The van der Waals surface area contributed by atoms with Crippen LogP contribution in [0.3, 0.4) is 0 Å². The van der Waals surface area contributed by atoms with Crippen LogP contribution in [0.25, 0.3) is 0 Å². The third-order valence-corrected chi connectivity index (χ3v) is 6.36. The Morgan fingerprint density at radius 3 is 2.36 bits per heavy atom. The van der Waals surface area contributed by atoms with Crippen molar-refractivity contribution in [1.29, 1.82) is 0 Å². The Morgan fingerprint density at radius 2 is 1.61 bits per heavy atom. The number of aliphatic hydroxyl groups excluding tert-OH is 1. The summed E-state index contributed by atoms with van der Waals surface area (Å²) < 4.78 is 5.89. The molecule has 0 aliphatic carbocycles. The van der Waals surface area contributed by atoms with Gasteiger partial charge in [0.05, 0.1) is 5.56 Å². The van der Waals surface area contributed by atoms with Gasteiger partial charge >= 0.3 is 0 Å². The average molecular weight is 445 g/mol. The number of rotatable bonds is 8. The maximum atomic E-state index is 12.9. The highest BCUT2D eigenvalue weighted by Gasteiger charge is 2.21. The van der Waals surface area contributed by atoms with E-state index in [0.29, 0.717) is 23.4 Å². The Morgan fingerprint density at radius 1 is 0.909 bits per heavy atom. The molecule has 1 atom stereocenters. The molecule has 1 fully saturated rings. The number of aryl methyl sites for hydroxylation is 1. The number of hydrogen-bond donors (Lipinski definition) is 1. The van der Waals surface area contributed by atoms with Crippen molar-refractivity contribution in [3.63, 3.8) is 0 Å². The van der Waals surface area contributed by atoms with Crippen molar-refractivity contribution in [1.82, 2.24) is 4.90 Å². The monoisotopic (exact) mass is 444 g/mol. The first-order valence-corrected chi connectivity index (χ1v) is 11.6. The molecule has 0 amide bonds. The summed E-state index contributed by atoms with van der Waals surface area (Å²) in [5.74, 6) is 0.424. The molecule has 5 nitrogen and oxygen atoms in total. The minimum absolute atomic E-state index is 0.0803. The molecule has 33 heavy (non-hydrogen) atoms. The Labute approximate surface area is 196 Å². The van der Waals surface area contributed by atoms with E-state index in [1.807, 2.05) is 30.3 Å². The van der Waals surface area contributed by atoms with Crippen molar-refractivity contribution in [3.05, 3.63) is 95.1 Å². The maximum absolute atomic E-state index is 12.9. The summed E-state index contributed by atoms with van der Waals surface area (Å²) in [5, 5.41) is 10.6. The van der Waals surface area contributed by atoms with Crippen molar-refractivity contribution < 1.29 is 14.6 Å². The number of carbonyl (C=O) groups excluding carboxylic acids is 1. The molecule has 0 spiro atoms. The number of ketones is 1. The number of nitrogens with zero attached hydrogens (tertiary/aromatic N) is 2. The highest BCUT2D eigenvalue weighted by molar-refractivity contribution is 6.10. The molecule has 3 aromatic carbocycles. The van der Waals surface area contributed by atoms with Crippen molar-refractivity contribution in [2.45, 2.75) is 20.0 Å². The van der Waals surface area contributed by atoms with Crippen LogP contribution in [0.4, 0.5) is 5.69 Å². The maximum Gasteiger partial charge on any atom is 0.196 e. The molecule has 1 unspecified atom stereocenters. The van der Waals surface area contributed by atoms with Crippen molar-refractivity contribution in [3.8, 4) is 5.75 Å². The van der Waals surface area contributed by atoms with Gasteiger partial charge in [0.2, 0.25) is 0 Å². The third kappa shape index (κ3) is 5.62. The summed E-state index contributed by atoms with van der Waals surface area (Å²) >= 11 is 0. The van der Waals surface area contributed by atoms with Crippen LogP contribution in [-0.4, -0.2) is 61.2 Å². The summed E-state index contributed by atoms with van der Waals surface area (Å²) in [4.78, 5) is 17.6. The number of hydrogen-bond acceptors (Lipinski definition) is 5. The molecule has 5 heteroatoms. The SMILES string of the molecule is Cc1cccc(N2CCN(CC(O)COc3ccccc3C(=O)c3ccccc3)CC2)c1C. The fourth-order valence-electron chi connectivity index (χ4n) is 4.31. The van der Waals surface area contributed by atoms with E-state index in [4.69, 9.17) is 4.74 Å². The van der Waals surface area contributed by atoms with Crippen LogP contribution in [-0.2, 0) is 0 Å². The van der Waals surface area contributed by atoms with Gasteiger partial charge in [-0.1, -0.05) is 54.6 Å². The molecule has 0 aromatic heterocycles. The second-order valence-electron chi connectivity index (χ2n) is 8.66. The van der Waals surface area contributed by atoms with Gasteiger partial charge in [-0.2, -0.15) is 0 Å². The second-order valence-corrected chi connectivity index (χ2v) is 8.66. The number of aliphatic hydroxyl groups is 1. The van der Waals surface area contributed by atoms with Gasteiger partial charge in [0.25, 0.3) is 0 Å². The molecule has 172 valence electrons. The van der Waals surface area contributed by atoms with Crippen molar-refractivity contribution in [2.75, 3.05) is 44.2 Å². The molecule has 0 bridgehead atoms. The standard InChI is InChI=1S/C28H32N2O3/c1-21-9-8-13-26(22(21)2)30-17-15-29(16-18-30)19-24(31)20-33-27-14-7-6-12-25(27)28(32)23-10-4-3-5-11-23/h3-14,24,31H,15-20H2,1-2H3. The number of β-amino-alcohol motifs (C(OH)–C–C–N with tert-alkyl or cyclic N) is 1. The summed E-state index contributed by atoms with van der Waals surface area (Å²) in [5.41, 5.74) is 5.09. The quantitative estimate of drug-likeness (QED) is 0.530. The number of para-hydroxylation sites is 1. The largest absolute Gasteiger partial charge is 0.490 e. The van der Waals surface area contributed by atoms with Crippen LogP contribution >= 0.6 is 0 Å². The second kappa shape index (κ2) is 10.6. The number of piperazine rings is 1. The van der Waals surface area contributed by atoms with Crippen LogP contribution in [0.1, 0.15) is 27.0 Å². The number of anilines is 1. The predicted octanol–water partition coefficient (Wildman–Crippen LogP) is 4.10. The highest BCUT2D eigenvalue weighted by Crippen LogP contribution is 2.24. The van der Waals surface area contributed by atoms with E-state index in [-0.39, 0.29) is 12.4 Å². The Hall–Kier alpha value is -3.15. The molecule has 1 saturated heterocycles. The van der Waals surface area contributed by atoms with Crippen LogP contribution in [0, 0.1) is 13.8 Å². The lowest BCUT2D eigenvalue weighted by molar-refractivity contribution is 0.0657. The van der Waals surface area contributed by atoms with Gasteiger partial charge in [0, 0.05) is 44.0 Å². The molecule has 1 N–H and O–H groups in total. The summed E-state index contributed by atoms with van der Waals surface area (Å²) in [7, 11) is 0. The average Bonchev–Trinajstić information content (AvgIpc) is 2.85. The molecule has 1 aliphatic heterocycles. The normalized spacial score (nSPS) is 15.3. The van der Waals surface area contributed by atoms with Crippen LogP contribution < -0.4 is 9.64 Å². The van der Waals surface area contributed by atoms with E-state index < -0.39 is 6.10 Å². The number of ether oxygens (including phenoxy) is 1. The summed E-state index contributed by atoms with van der Waals surface area (Å²) in [6.07, 6.45) is -0.628. The van der Waals surface area contributed by atoms with Gasteiger partial charge < -0.3 is 14.7 Å². The first-order chi connectivity index (χ1) is 16.0. The van der Waals surface area contributed by atoms with E-state index in [0.717, 1.165) is 26.2 Å². The Bertz CT molecular complexity index is 1080. The molecule has 1 heterocycles. The van der Waals surface area contributed by atoms with Gasteiger partial charge in [-0.05, 0) is 43.2 Å².